The number of hydrogen-bond donors (Lipinski definition) is 3. The van der Waals surface area contributed by atoms with Gasteiger partial charge in [0, 0.05) is 6.54 Å². The van der Waals surface area contributed by atoms with Crippen molar-refractivity contribution in [2.24, 2.45) is 5.92 Å². The summed E-state index contributed by atoms with van der Waals surface area (Å²) in [4.78, 5) is 13.6. The van der Waals surface area contributed by atoms with Gasteiger partial charge in [-0.3, -0.25) is 4.79 Å². The second-order valence-corrected chi connectivity index (χ2v) is 7.15. The average Bonchev–Trinajstić information content (AvgIpc) is 3.07. The van der Waals surface area contributed by atoms with Gasteiger partial charge in [0.05, 0.1) is 20.4 Å². The van der Waals surface area contributed by atoms with Crippen LogP contribution in [0.1, 0.15) is 50.8 Å². The van der Waals surface area contributed by atoms with Crippen LogP contribution in [0.5, 0.6) is 0 Å². The van der Waals surface area contributed by atoms with Gasteiger partial charge in [0.15, 0.2) is 17.8 Å². The summed E-state index contributed by atoms with van der Waals surface area (Å²) < 4.78 is 5.54. The van der Waals surface area contributed by atoms with Gasteiger partial charge in [0.25, 0.3) is 5.91 Å². The van der Waals surface area contributed by atoms with E-state index in [9.17, 15) is 4.79 Å². The molecule has 1 aromatic rings. The van der Waals surface area contributed by atoms with Crippen LogP contribution in [-0.4, -0.2) is 39.1 Å². The number of nitrogens with one attached hydrogen (secondary N) is 2. The molecule has 1 aliphatic carbocycles. The Balaban J connectivity index is 1.74. The van der Waals surface area contributed by atoms with Gasteiger partial charge in [-0.2, -0.15) is 0 Å². The fourth-order valence-electron chi connectivity index (χ4n) is 3.37. The molecule has 4 N–H and O–H groups in total. The van der Waals surface area contributed by atoms with Crippen LogP contribution in [-0.2, 0) is 4.79 Å². The molecule has 0 saturated heterocycles. The van der Waals surface area contributed by atoms with E-state index in [0.717, 1.165) is 18.8 Å². The lowest BCUT2D eigenvalue weighted by Gasteiger charge is -2.23. The molecule has 2 atom stereocenters. The van der Waals surface area contributed by atoms with Crippen LogP contribution in [0.4, 0.5) is 0 Å². The zero-order valence-corrected chi connectivity index (χ0v) is 14.8. The summed E-state index contributed by atoms with van der Waals surface area (Å²) in [5, 5.41) is 5.26. The van der Waals surface area contributed by atoms with Crippen LogP contribution in [0.25, 0.3) is 0 Å². The number of rotatable bonds is 8. The minimum atomic E-state index is -0.0598. The van der Waals surface area contributed by atoms with Crippen LogP contribution >= 0.6 is 0 Å². The summed E-state index contributed by atoms with van der Waals surface area (Å²) in [6, 6.07) is 4.14. The zero-order chi connectivity index (χ0) is 16.7. The molecule has 0 unspecified atom stereocenters. The SMILES string of the molecule is C[C@@H]([NH2+]C[C@@H](c1ccco1)[NH+](C)C)C(=O)NCC1CCCCC1. The van der Waals surface area contributed by atoms with Crippen molar-refractivity contribution in [3.8, 4) is 0 Å². The highest BCUT2D eigenvalue weighted by Gasteiger charge is 2.26. The maximum atomic E-state index is 12.3. The minimum Gasteiger partial charge on any atom is -0.463 e. The molecule has 0 bridgehead atoms. The molecule has 1 aliphatic rings. The van der Waals surface area contributed by atoms with E-state index in [1.807, 2.05) is 19.1 Å². The third kappa shape index (κ3) is 5.66. The Hall–Kier alpha value is -1.33. The van der Waals surface area contributed by atoms with E-state index in [1.165, 1.54) is 37.0 Å². The monoisotopic (exact) mass is 323 g/mol. The van der Waals surface area contributed by atoms with Crippen LogP contribution in [0.15, 0.2) is 22.8 Å². The highest BCUT2D eigenvalue weighted by atomic mass is 16.3. The van der Waals surface area contributed by atoms with Crippen molar-refractivity contribution >= 4 is 5.91 Å². The van der Waals surface area contributed by atoms with Crippen LogP contribution < -0.4 is 15.5 Å². The van der Waals surface area contributed by atoms with E-state index in [4.69, 9.17) is 4.42 Å². The number of carbonyl (C=O) groups excluding carboxylic acids is 1. The molecule has 0 aliphatic heterocycles. The van der Waals surface area contributed by atoms with Gasteiger partial charge in [-0.15, -0.1) is 0 Å². The fourth-order valence-corrected chi connectivity index (χ4v) is 3.37. The molecule has 0 aromatic carbocycles. The molecule has 0 radical (unpaired) electrons. The first-order chi connectivity index (χ1) is 11.1. The number of likely N-dealkylation sites (N-methyl/N-ethyl adjacent to an activating group) is 1. The average molecular weight is 323 g/mol. The summed E-state index contributed by atoms with van der Waals surface area (Å²) in [6.07, 6.45) is 8.24. The predicted molar refractivity (Wildman–Crippen MR) is 90.1 cm³/mol. The Kier molecular flexibility index (Phi) is 7.12. The lowest BCUT2D eigenvalue weighted by molar-refractivity contribution is -0.911. The van der Waals surface area contributed by atoms with Gasteiger partial charge < -0.3 is 20.0 Å². The lowest BCUT2D eigenvalue weighted by atomic mass is 9.89. The van der Waals surface area contributed by atoms with Gasteiger partial charge in [-0.05, 0) is 37.8 Å². The maximum absolute atomic E-state index is 12.3. The molecule has 1 heterocycles. The highest BCUT2D eigenvalue weighted by Crippen LogP contribution is 2.22. The second kappa shape index (κ2) is 9.08. The van der Waals surface area contributed by atoms with E-state index in [1.54, 1.807) is 6.26 Å². The first-order valence-corrected chi connectivity index (χ1v) is 9.02. The quantitative estimate of drug-likeness (QED) is 0.636. The summed E-state index contributed by atoms with van der Waals surface area (Å²) in [5.41, 5.74) is 0. The van der Waals surface area contributed by atoms with E-state index in [2.05, 4.69) is 24.7 Å². The molecule has 5 nitrogen and oxygen atoms in total. The second-order valence-electron chi connectivity index (χ2n) is 7.15. The molecule has 1 amide bonds. The minimum absolute atomic E-state index is 0.0598. The van der Waals surface area contributed by atoms with Crippen molar-refractivity contribution in [1.29, 1.82) is 0 Å². The highest BCUT2D eigenvalue weighted by molar-refractivity contribution is 5.79. The van der Waals surface area contributed by atoms with Crippen LogP contribution in [0.3, 0.4) is 0 Å². The molecule has 130 valence electrons. The fraction of sp³-hybridized carbons (Fsp3) is 0.722. The first kappa shape index (κ1) is 18.0. The molecule has 0 spiro atoms. The molecule has 23 heavy (non-hydrogen) atoms. The van der Waals surface area contributed by atoms with Crippen molar-refractivity contribution in [2.75, 3.05) is 27.2 Å². The van der Waals surface area contributed by atoms with E-state index in [0.29, 0.717) is 5.92 Å². The van der Waals surface area contributed by atoms with Gasteiger partial charge in [0.2, 0.25) is 0 Å². The Morgan fingerprint density at radius 2 is 2.13 bits per heavy atom. The molecular formula is C18H33N3O2+2. The van der Waals surface area contributed by atoms with Gasteiger partial charge >= 0.3 is 0 Å². The number of carbonyl (C=O) groups is 1. The Labute approximate surface area is 139 Å². The van der Waals surface area contributed by atoms with Crippen LogP contribution in [0.2, 0.25) is 0 Å². The Morgan fingerprint density at radius 1 is 1.39 bits per heavy atom. The number of hydrogen-bond acceptors (Lipinski definition) is 2. The summed E-state index contributed by atoms with van der Waals surface area (Å²) in [6.45, 7) is 3.67. The van der Waals surface area contributed by atoms with Crippen LogP contribution in [0, 0.1) is 5.92 Å². The standard InChI is InChI=1S/C18H31N3O2/c1-14(18(22)20-12-15-8-5-4-6-9-15)19-13-16(21(2)3)17-10-7-11-23-17/h7,10-11,14-16,19H,4-6,8-9,12-13H2,1-3H3,(H,20,22)/p+2/t14-,16+/m1/s1. The molecule has 5 heteroatoms. The summed E-state index contributed by atoms with van der Waals surface area (Å²) >= 11 is 0. The van der Waals surface area contributed by atoms with E-state index in [-0.39, 0.29) is 18.0 Å². The summed E-state index contributed by atoms with van der Waals surface area (Å²) in [5.74, 6) is 1.82. The zero-order valence-electron chi connectivity index (χ0n) is 14.8. The van der Waals surface area contributed by atoms with Crippen molar-refractivity contribution in [1.82, 2.24) is 5.32 Å². The third-order valence-electron chi connectivity index (χ3n) is 5.01. The molecule has 2 rings (SSSR count). The van der Waals surface area contributed by atoms with Crippen molar-refractivity contribution in [2.45, 2.75) is 51.1 Å². The van der Waals surface area contributed by atoms with Gasteiger partial charge in [-0.25, -0.2) is 0 Å². The Bertz CT molecular complexity index is 453. The molecule has 1 fully saturated rings. The van der Waals surface area contributed by atoms with Gasteiger partial charge in [-0.1, -0.05) is 19.3 Å². The molecule has 1 aromatic heterocycles. The van der Waals surface area contributed by atoms with Crippen molar-refractivity contribution in [3.05, 3.63) is 24.2 Å². The maximum Gasteiger partial charge on any atom is 0.277 e. The normalized spacial score (nSPS) is 18.8. The largest absolute Gasteiger partial charge is 0.463 e. The molecular weight excluding hydrogens is 290 g/mol. The van der Waals surface area contributed by atoms with Crippen molar-refractivity contribution in [3.63, 3.8) is 0 Å². The van der Waals surface area contributed by atoms with Gasteiger partial charge in [0.1, 0.15) is 6.54 Å². The topological polar surface area (TPSA) is 63.3 Å². The predicted octanol–water partition coefficient (Wildman–Crippen LogP) is 0.114. The van der Waals surface area contributed by atoms with E-state index >= 15 is 0 Å². The summed E-state index contributed by atoms with van der Waals surface area (Å²) in [7, 11) is 4.24. The molecule has 1 saturated carbocycles. The number of nitrogens with two attached hydrogens (primary N) is 1. The van der Waals surface area contributed by atoms with Crippen molar-refractivity contribution < 1.29 is 19.4 Å². The lowest BCUT2D eigenvalue weighted by Crippen LogP contribution is -3.10. The van der Waals surface area contributed by atoms with E-state index < -0.39 is 0 Å². The first-order valence-electron chi connectivity index (χ1n) is 9.02. The Morgan fingerprint density at radius 3 is 2.74 bits per heavy atom. The number of furan rings is 1. The third-order valence-corrected chi connectivity index (χ3v) is 5.01. The smallest absolute Gasteiger partial charge is 0.277 e. The number of quaternary nitrogens is 2. The number of amides is 1.